The van der Waals surface area contributed by atoms with Crippen LogP contribution < -0.4 is 0 Å². The second-order valence-corrected chi connectivity index (χ2v) is 4.25. The molecule has 2 nitrogen and oxygen atoms in total. The van der Waals surface area contributed by atoms with Crippen LogP contribution in [0.5, 0.6) is 0 Å². The molecule has 1 aliphatic heterocycles. The number of halogens is 1. The predicted molar refractivity (Wildman–Crippen MR) is 56.4 cm³/mol. The molecular weight excluding hydrogens is 186 g/mol. The Morgan fingerprint density at radius 1 is 1.31 bits per heavy atom. The number of nitrogens with zero attached hydrogens (tertiary/aromatic N) is 1. The number of ether oxygens (including phenoxy) is 1. The zero-order valence-corrected chi connectivity index (χ0v) is 9.22. The van der Waals surface area contributed by atoms with E-state index >= 15 is 0 Å². The third-order valence-corrected chi connectivity index (χ3v) is 2.85. The standard InChI is InChI=1S/C10H20ClNO/c1-2-8-13-9-7-12-5-3-10(11)4-6-12/h10H,2-9H2,1H3. The van der Waals surface area contributed by atoms with Crippen molar-refractivity contribution >= 4 is 11.6 Å². The quantitative estimate of drug-likeness (QED) is 0.504. The molecule has 0 amide bonds. The van der Waals surface area contributed by atoms with E-state index in [1.54, 1.807) is 0 Å². The summed E-state index contributed by atoms with van der Waals surface area (Å²) in [6.07, 6.45) is 3.38. The van der Waals surface area contributed by atoms with Gasteiger partial charge in [-0.3, -0.25) is 0 Å². The van der Waals surface area contributed by atoms with E-state index in [-0.39, 0.29) is 0 Å². The van der Waals surface area contributed by atoms with Crippen LogP contribution in [0.25, 0.3) is 0 Å². The van der Waals surface area contributed by atoms with E-state index in [2.05, 4.69) is 11.8 Å². The van der Waals surface area contributed by atoms with Crippen molar-refractivity contribution in [1.29, 1.82) is 0 Å². The summed E-state index contributed by atoms with van der Waals surface area (Å²) in [5.74, 6) is 0. The molecule has 0 saturated carbocycles. The Hall–Kier alpha value is 0.210. The van der Waals surface area contributed by atoms with Crippen LogP contribution in [0, 0.1) is 0 Å². The lowest BCUT2D eigenvalue weighted by molar-refractivity contribution is 0.0973. The second kappa shape index (κ2) is 6.63. The van der Waals surface area contributed by atoms with Gasteiger partial charge in [0.05, 0.1) is 6.61 Å². The van der Waals surface area contributed by atoms with Gasteiger partial charge in [-0.05, 0) is 32.4 Å². The minimum absolute atomic E-state index is 0.410. The van der Waals surface area contributed by atoms with E-state index in [0.29, 0.717) is 5.38 Å². The molecule has 0 N–H and O–H groups in total. The Morgan fingerprint density at radius 3 is 2.62 bits per heavy atom. The van der Waals surface area contributed by atoms with Gasteiger partial charge >= 0.3 is 0 Å². The summed E-state index contributed by atoms with van der Waals surface area (Å²) in [4.78, 5) is 2.44. The van der Waals surface area contributed by atoms with Crippen molar-refractivity contribution in [3.05, 3.63) is 0 Å². The molecule has 1 saturated heterocycles. The minimum Gasteiger partial charge on any atom is -0.380 e. The largest absolute Gasteiger partial charge is 0.380 e. The zero-order valence-electron chi connectivity index (χ0n) is 8.47. The monoisotopic (exact) mass is 205 g/mol. The smallest absolute Gasteiger partial charge is 0.0593 e. The van der Waals surface area contributed by atoms with Gasteiger partial charge in [0.15, 0.2) is 0 Å². The molecule has 3 heteroatoms. The van der Waals surface area contributed by atoms with Gasteiger partial charge in [-0.1, -0.05) is 6.92 Å². The molecule has 0 unspecified atom stereocenters. The van der Waals surface area contributed by atoms with Crippen LogP contribution in [0.15, 0.2) is 0 Å². The molecule has 1 fully saturated rings. The Kier molecular flexibility index (Phi) is 5.76. The maximum absolute atomic E-state index is 6.01. The van der Waals surface area contributed by atoms with Crippen LogP contribution in [-0.2, 0) is 4.74 Å². The van der Waals surface area contributed by atoms with E-state index in [4.69, 9.17) is 16.3 Å². The van der Waals surface area contributed by atoms with Crippen LogP contribution >= 0.6 is 11.6 Å². The highest BCUT2D eigenvalue weighted by Gasteiger charge is 2.16. The number of piperidine rings is 1. The van der Waals surface area contributed by atoms with Crippen LogP contribution in [0.2, 0.25) is 0 Å². The highest BCUT2D eigenvalue weighted by Crippen LogP contribution is 2.14. The molecule has 0 spiro atoms. The molecule has 1 rings (SSSR count). The molecule has 1 heterocycles. The number of likely N-dealkylation sites (tertiary alicyclic amines) is 1. The Balaban J connectivity index is 1.96. The predicted octanol–water partition coefficient (Wildman–Crippen LogP) is 2.12. The molecule has 0 atom stereocenters. The van der Waals surface area contributed by atoms with Crippen molar-refractivity contribution < 1.29 is 4.74 Å². The summed E-state index contributed by atoms with van der Waals surface area (Å²) in [5, 5.41) is 0.410. The van der Waals surface area contributed by atoms with Crippen LogP contribution in [-0.4, -0.2) is 43.1 Å². The van der Waals surface area contributed by atoms with Crippen molar-refractivity contribution in [2.75, 3.05) is 32.8 Å². The van der Waals surface area contributed by atoms with Gasteiger partial charge in [0, 0.05) is 18.5 Å². The van der Waals surface area contributed by atoms with Gasteiger partial charge in [-0.15, -0.1) is 11.6 Å². The molecule has 0 radical (unpaired) electrons. The highest BCUT2D eigenvalue weighted by atomic mass is 35.5. The average molecular weight is 206 g/mol. The first-order chi connectivity index (χ1) is 6.33. The maximum Gasteiger partial charge on any atom is 0.0593 e. The summed E-state index contributed by atoms with van der Waals surface area (Å²) in [6, 6.07) is 0. The first kappa shape index (κ1) is 11.3. The fourth-order valence-electron chi connectivity index (χ4n) is 1.57. The third kappa shape index (κ3) is 4.84. The van der Waals surface area contributed by atoms with Crippen molar-refractivity contribution in [1.82, 2.24) is 4.90 Å². The fourth-order valence-corrected chi connectivity index (χ4v) is 1.76. The molecule has 0 bridgehead atoms. The molecule has 0 aliphatic carbocycles. The van der Waals surface area contributed by atoms with Gasteiger partial charge < -0.3 is 9.64 Å². The fraction of sp³-hybridized carbons (Fsp3) is 1.00. The summed E-state index contributed by atoms with van der Waals surface area (Å²) >= 11 is 6.01. The molecule has 0 aromatic rings. The third-order valence-electron chi connectivity index (χ3n) is 2.42. The molecular formula is C10H20ClNO. The Bertz CT molecular complexity index is 124. The van der Waals surface area contributed by atoms with Crippen LogP contribution in [0.4, 0.5) is 0 Å². The topological polar surface area (TPSA) is 12.5 Å². The van der Waals surface area contributed by atoms with Gasteiger partial charge in [0.25, 0.3) is 0 Å². The van der Waals surface area contributed by atoms with E-state index in [1.165, 1.54) is 0 Å². The summed E-state index contributed by atoms with van der Waals surface area (Å²) in [7, 11) is 0. The van der Waals surface area contributed by atoms with Crippen molar-refractivity contribution in [2.24, 2.45) is 0 Å². The number of hydrogen-bond acceptors (Lipinski definition) is 2. The average Bonchev–Trinajstić information content (AvgIpc) is 2.15. The van der Waals surface area contributed by atoms with Crippen LogP contribution in [0.3, 0.4) is 0 Å². The van der Waals surface area contributed by atoms with Crippen molar-refractivity contribution in [2.45, 2.75) is 31.6 Å². The second-order valence-electron chi connectivity index (χ2n) is 3.63. The van der Waals surface area contributed by atoms with E-state index in [0.717, 1.165) is 52.1 Å². The lowest BCUT2D eigenvalue weighted by Crippen LogP contribution is -2.36. The zero-order chi connectivity index (χ0) is 9.52. The lowest BCUT2D eigenvalue weighted by atomic mass is 10.1. The van der Waals surface area contributed by atoms with Crippen molar-refractivity contribution in [3.63, 3.8) is 0 Å². The minimum atomic E-state index is 0.410. The first-order valence-electron chi connectivity index (χ1n) is 5.27. The molecule has 1 aliphatic rings. The Morgan fingerprint density at radius 2 is 2.00 bits per heavy atom. The maximum atomic E-state index is 6.01. The van der Waals surface area contributed by atoms with Gasteiger partial charge in [0.2, 0.25) is 0 Å². The van der Waals surface area contributed by atoms with E-state index in [9.17, 15) is 0 Å². The Labute approximate surface area is 86.2 Å². The summed E-state index contributed by atoms with van der Waals surface area (Å²) < 4.78 is 5.44. The number of alkyl halides is 1. The van der Waals surface area contributed by atoms with E-state index < -0.39 is 0 Å². The van der Waals surface area contributed by atoms with Gasteiger partial charge in [-0.2, -0.15) is 0 Å². The van der Waals surface area contributed by atoms with Crippen LogP contribution in [0.1, 0.15) is 26.2 Å². The summed E-state index contributed by atoms with van der Waals surface area (Å²) in [6.45, 7) is 7.27. The molecule has 0 aromatic carbocycles. The van der Waals surface area contributed by atoms with E-state index in [1.807, 2.05) is 0 Å². The highest BCUT2D eigenvalue weighted by molar-refractivity contribution is 6.20. The normalized spacial score (nSPS) is 20.8. The molecule has 13 heavy (non-hydrogen) atoms. The van der Waals surface area contributed by atoms with Crippen molar-refractivity contribution in [3.8, 4) is 0 Å². The SMILES string of the molecule is CCCOCCN1CCC(Cl)CC1. The lowest BCUT2D eigenvalue weighted by Gasteiger charge is -2.28. The number of hydrogen-bond donors (Lipinski definition) is 0. The first-order valence-corrected chi connectivity index (χ1v) is 5.70. The van der Waals surface area contributed by atoms with Gasteiger partial charge in [-0.25, -0.2) is 0 Å². The molecule has 0 aromatic heterocycles. The summed E-state index contributed by atoms with van der Waals surface area (Å²) in [5.41, 5.74) is 0. The van der Waals surface area contributed by atoms with Gasteiger partial charge in [0.1, 0.15) is 0 Å². The number of rotatable bonds is 5. The molecule has 78 valence electrons.